The first-order valence-electron chi connectivity index (χ1n) is 13.6. The Labute approximate surface area is 198 Å². The first-order valence-corrected chi connectivity index (χ1v) is 13.6. The van der Waals surface area contributed by atoms with Crippen LogP contribution in [0.4, 0.5) is 0 Å². The monoisotopic (exact) mass is 442 g/mol. The van der Waals surface area contributed by atoms with Crippen molar-refractivity contribution < 1.29 is 10.2 Å². The zero-order valence-corrected chi connectivity index (χ0v) is 22.0. The van der Waals surface area contributed by atoms with E-state index in [1.165, 1.54) is 38.5 Å². The summed E-state index contributed by atoms with van der Waals surface area (Å²) < 4.78 is 0. The van der Waals surface area contributed by atoms with Crippen molar-refractivity contribution in [2.45, 2.75) is 112 Å². The van der Waals surface area contributed by atoms with E-state index in [1.807, 2.05) is 12.5 Å². The van der Waals surface area contributed by atoms with Crippen molar-refractivity contribution in [3.05, 3.63) is 23.3 Å². The summed E-state index contributed by atoms with van der Waals surface area (Å²) in [4.78, 5) is 0. The van der Waals surface area contributed by atoms with Gasteiger partial charge in [0.1, 0.15) is 0 Å². The minimum Gasteiger partial charge on any atom is -0.393 e. The number of rotatable bonds is 5. The molecule has 0 aliphatic heterocycles. The van der Waals surface area contributed by atoms with Gasteiger partial charge in [0.25, 0.3) is 0 Å². The summed E-state index contributed by atoms with van der Waals surface area (Å²) >= 11 is 0. The van der Waals surface area contributed by atoms with Gasteiger partial charge in [-0.2, -0.15) is 0 Å². The molecule has 32 heavy (non-hydrogen) atoms. The van der Waals surface area contributed by atoms with Crippen molar-refractivity contribution in [2.24, 2.45) is 45.3 Å². The van der Waals surface area contributed by atoms with Crippen LogP contribution in [0.25, 0.3) is 0 Å². The van der Waals surface area contributed by atoms with Crippen LogP contribution in [0, 0.1) is 45.3 Å². The zero-order valence-electron chi connectivity index (χ0n) is 22.0. The van der Waals surface area contributed by atoms with Gasteiger partial charge in [0.15, 0.2) is 0 Å². The minimum absolute atomic E-state index is 0.0175. The van der Waals surface area contributed by atoms with Gasteiger partial charge in [-0.15, -0.1) is 0 Å². The van der Waals surface area contributed by atoms with Gasteiger partial charge < -0.3 is 10.2 Å². The molecule has 0 bridgehead atoms. The maximum absolute atomic E-state index is 10.8. The van der Waals surface area contributed by atoms with Gasteiger partial charge in [-0.05, 0) is 110 Å². The summed E-state index contributed by atoms with van der Waals surface area (Å²) in [5.74, 6) is 2.83. The molecule has 0 aromatic heterocycles. The van der Waals surface area contributed by atoms with E-state index in [0.717, 1.165) is 36.7 Å². The standard InChI is InChI=1S/C30H50O2/c1-20(19-31)9-8-10-21(2)22-13-17-30(7)24-11-12-25-27(3,4)26(32)15-16-28(25,5)23(24)14-18-29(22,30)6/h9,11,21-23,25-26,31-32H,8,10,12-19H2,1-7H3/t21-,22+,23-,25?,26-,28-,29-,30+/m0/s1. The van der Waals surface area contributed by atoms with Gasteiger partial charge in [0.05, 0.1) is 12.7 Å². The summed E-state index contributed by atoms with van der Waals surface area (Å²) in [7, 11) is 0. The molecule has 3 saturated carbocycles. The highest BCUT2D eigenvalue weighted by Crippen LogP contribution is 2.73. The third-order valence-corrected chi connectivity index (χ3v) is 11.9. The molecule has 3 fully saturated rings. The van der Waals surface area contributed by atoms with E-state index in [4.69, 9.17) is 0 Å². The molecule has 4 rings (SSSR count). The van der Waals surface area contributed by atoms with E-state index in [0.29, 0.717) is 28.1 Å². The van der Waals surface area contributed by atoms with E-state index >= 15 is 0 Å². The normalized spacial score (nSPS) is 46.7. The molecule has 0 amide bonds. The summed E-state index contributed by atoms with van der Waals surface area (Å²) in [5.41, 5.74) is 4.01. The molecule has 2 N–H and O–H groups in total. The highest BCUT2D eigenvalue weighted by Gasteiger charge is 2.65. The average Bonchev–Trinajstić information content (AvgIpc) is 3.02. The second-order valence-electron chi connectivity index (χ2n) is 13.6. The maximum atomic E-state index is 10.8. The highest BCUT2D eigenvalue weighted by molar-refractivity contribution is 5.33. The molecule has 2 nitrogen and oxygen atoms in total. The number of hydrogen-bond donors (Lipinski definition) is 2. The Morgan fingerprint density at radius 1 is 1.09 bits per heavy atom. The molecule has 0 heterocycles. The van der Waals surface area contributed by atoms with Crippen LogP contribution in [0.5, 0.6) is 0 Å². The van der Waals surface area contributed by atoms with Crippen LogP contribution < -0.4 is 0 Å². The topological polar surface area (TPSA) is 40.5 Å². The molecule has 0 aromatic rings. The number of aliphatic hydroxyl groups is 2. The Bertz CT molecular complexity index is 778. The van der Waals surface area contributed by atoms with E-state index in [-0.39, 0.29) is 18.1 Å². The van der Waals surface area contributed by atoms with Crippen LogP contribution in [0.2, 0.25) is 0 Å². The number of allylic oxidation sites excluding steroid dienone is 3. The van der Waals surface area contributed by atoms with E-state index in [2.05, 4.69) is 53.7 Å². The van der Waals surface area contributed by atoms with Crippen LogP contribution in [0.1, 0.15) is 106 Å². The van der Waals surface area contributed by atoms with Crippen molar-refractivity contribution >= 4 is 0 Å². The molecule has 8 atom stereocenters. The third kappa shape index (κ3) is 3.41. The maximum Gasteiger partial charge on any atom is 0.0639 e. The second-order valence-corrected chi connectivity index (χ2v) is 13.6. The van der Waals surface area contributed by atoms with Crippen LogP contribution in [-0.2, 0) is 0 Å². The Kier molecular flexibility index (Phi) is 6.33. The van der Waals surface area contributed by atoms with Gasteiger partial charge in [0, 0.05) is 0 Å². The van der Waals surface area contributed by atoms with Crippen molar-refractivity contribution in [1.82, 2.24) is 0 Å². The molecule has 4 aliphatic carbocycles. The second kappa shape index (κ2) is 8.26. The minimum atomic E-state index is -0.153. The Hall–Kier alpha value is -0.600. The molecular weight excluding hydrogens is 392 g/mol. The van der Waals surface area contributed by atoms with Gasteiger partial charge in [-0.3, -0.25) is 0 Å². The fraction of sp³-hybridized carbons (Fsp3) is 0.867. The Morgan fingerprint density at radius 2 is 1.81 bits per heavy atom. The summed E-state index contributed by atoms with van der Waals surface area (Å²) in [6, 6.07) is 0. The van der Waals surface area contributed by atoms with Crippen molar-refractivity contribution in [2.75, 3.05) is 6.61 Å². The lowest BCUT2D eigenvalue weighted by molar-refractivity contribution is -0.131. The molecule has 182 valence electrons. The number of hydrogen-bond acceptors (Lipinski definition) is 2. The van der Waals surface area contributed by atoms with Gasteiger partial charge in [0.2, 0.25) is 0 Å². The van der Waals surface area contributed by atoms with Gasteiger partial charge in [-0.25, -0.2) is 0 Å². The molecule has 0 spiro atoms. The first kappa shape index (κ1) is 24.5. The van der Waals surface area contributed by atoms with Crippen LogP contribution in [0.3, 0.4) is 0 Å². The Morgan fingerprint density at radius 3 is 2.50 bits per heavy atom. The largest absolute Gasteiger partial charge is 0.393 e. The summed E-state index contributed by atoms with van der Waals surface area (Å²) in [6.07, 6.45) is 15.8. The average molecular weight is 443 g/mol. The fourth-order valence-electron chi connectivity index (χ4n) is 9.51. The lowest BCUT2D eigenvalue weighted by Crippen LogP contribution is -2.58. The van der Waals surface area contributed by atoms with Crippen LogP contribution in [-0.4, -0.2) is 22.9 Å². The third-order valence-electron chi connectivity index (χ3n) is 11.9. The number of fused-ring (bicyclic) bond motifs is 5. The highest BCUT2D eigenvalue weighted by atomic mass is 16.3. The van der Waals surface area contributed by atoms with Gasteiger partial charge >= 0.3 is 0 Å². The van der Waals surface area contributed by atoms with Crippen LogP contribution in [0.15, 0.2) is 23.3 Å². The molecule has 0 aromatic carbocycles. The predicted octanol–water partition coefficient (Wildman–Crippen LogP) is 7.31. The SMILES string of the molecule is CC(=CCC[C@H](C)[C@H]1CC[C@]2(C)C3=CCC4C(C)(C)[C@@H](O)CC[C@@]4(C)[C@H]3CC[C@@]12C)CO. The van der Waals surface area contributed by atoms with Crippen molar-refractivity contribution in [3.8, 4) is 0 Å². The molecule has 0 radical (unpaired) electrons. The zero-order chi connectivity index (χ0) is 23.5. The van der Waals surface area contributed by atoms with Gasteiger partial charge in [-0.1, -0.05) is 64.8 Å². The summed E-state index contributed by atoms with van der Waals surface area (Å²) in [6.45, 7) is 17.2. The van der Waals surface area contributed by atoms with E-state index in [1.54, 1.807) is 0 Å². The van der Waals surface area contributed by atoms with E-state index < -0.39 is 0 Å². The molecule has 1 unspecified atom stereocenters. The molecule has 4 aliphatic rings. The quantitative estimate of drug-likeness (QED) is 0.438. The summed E-state index contributed by atoms with van der Waals surface area (Å²) in [5, 5.41) is 20.1. The Balaban J connectivity index is 1.59. The van der Waals surface area contributed by atoms with E-state index in [9.17, 15) is 10.2 Å². The van der Waals surface area contributed by atoms with Crippen molar-refractivity contribution in [1.29, 1.82) is 0 Å². The van der Waals surface area contributed by atoms with Crippen molar-refractivity contribution in [3.63, 3.8) is 0 Å². The molecule has 2 heteroatoms. The number of aliphatic hydroxyl groups excluding tert-OH is 2. The fourth-order valence-corrected chi connectivity index (χ4v) is 9.51. The lowest BCUT2D eigenvalue weighted by Gasteiger charge is -2.64. The van der Waals surface area contributed by atoms with Crippen LogP contribution >= 0.6 is 0 Å². The predicted molar refractivity (Wildman–Crippen MR) is 134 cm³/mol. The molecule has 0 saturated heterocycles. The molecular formula is C30H50O2. The smallest absolute Gasteiger partial charge is 0.0639 e. The lowest BCUT2D eigenvalue weighted by atomic mass is 9.41. The first-order chi connectivity index (χ1) is 14.9.